The van der Waals surface area contributed by atoms with Crippen LogP contribution in [0.1, 0.15) is 15.9 Å². The largest absolute Gasteiger partial charge is 0.497 e. The molecule has 2 rings (SSSR count). The smallest absolute Gasteiger partial charge is 0.269 e. The molecular weight excluding hydrogens is 332 g/mol. The highest BCUT2D eigenvalue weighted by Gasteiger charge is 2.03. The summed E-state index contributed by atoms with van der Waals surface area (Å²) < 4.78 is 6.05. The minimum Gasteiger partial charge on any atom is -0.497 e. The van der Waals surface area contributed by atoms with E-state index in [2.05, 4.69) is 26.8 Å². The van der Waals surface area contributed by atoms with Gasteiger partial charge < -0.3 is 10.2 Å². The summed E-state index contributed by atoms with van der Waals surface area (Å²) in [4.78, 5) is 11.9. The van der Waals surface area contributed by atoms with Crippen molar-refractivity contribution in [3.63, 3.8) is 0 Å². The lowest BCUT2D eigenvalue weighted by atomic mass is 10.2. The first-order valence-corrected chi connectivity index (χ1v) is 7.10. The Bertz CT molecular complexity index is 639. The van der Waals surface area contributed by atoms with E-state index in [9.17, 15) is 4.79 Å². The minimum atomic E-state index is -0.212. The van der Waals surface area contributed by atoms with Gasteiger partial charge in [0.05, 0.1) is 7.11 Å². The zero-order valence-corrected chi connectivity index (χ0v) is 13.1. The molecule has 0 aromatic heterocycles. The van der Waals surface area contributed by atoms with Gasteiger partial charge in [0.2, 0.25) is 0 Å². The molecule has 2 N–H and O–H groups in total. The molecule has 0 fully saturated rings. The van der Waals surface area contributed by atoms with E-state index in [0.717, 1.165) is 10.0 Å². The monoisotopic (exact) mass is 346 g/mol. The number of benzene rings is 2. The Morgan fingerprint density at radius 3 is 2.62 bits per heavy atom. The first-order chi connectivity index (χ1) is 10.2. The Hall–Kier alpha value is -2.27. The molecule has 0 aliphatic carbocycles. The Balaban J connectivity index is 1.86. The number of methoxy groups -OCH3 is 1. The van der Waals surface area contributed by atoms with Crippen molar-refractivity contribution in [3.8, 4) is 5.75 Å². The van der Waals surface area contributed by atoms with E-state index in [0.29, 0.717) is 11.3 Å². The molecule has 0 atom stereocenters. The second kappa shape index (κ2) is 7.50. The standard InChI is InChI=1S/C16H15BrN2O2/c1-21-15-7-5-13(6-8-15)16(20)19-18-10-9-12-3-2-4-14(17)11-12/h2-11,18H,1H3,(H,19,20)/b10-9+. The molecule has 0 radical (unpaired) electrons. The average molecular weight is 347 g/mol. The van der Waals surface area contributed by atoms with E-state index in [4.69, 9.17) is 4.74 Å². The lowest BCUT2D eigenvalue weighted by Crippen LogP contribution is -2.33. The van der Waals surface area contributed by atoms with Gasteiger partial charge in [0, 0.05) is 16.2 Å². The van der Waals surface area contributed by atoms with Crippen LogP contribution in [-0.4, -0.2) is 13.0 Å². The molecule has 0 heterocycles. The quantitative estimate of drug-likeness (QED) is 0.816. The van der Waals surface area contributed by atoms with Crippen molar-refractivity contribution in [2.75, 3.05) is 7.11 Å². The highest BCUT2D eigenvalue weighted by Crippen LogP contribution is 2.12. The van der Waals surface area contributed by atoms with Crippen LogP contribution in [0, 0.1) is 0 Å². The Kier molecular flexibility index (Phi) is 5.40. The molecule has 21 heavy (non-hydrogen) atoms. The number of carbonyl (C=O) groups excluding carboxylic acids is 1. The molecule has 108 valence electrons. The number of ether oxygens (including phenoxy) is 1. The lowest BCUT2D eigenvalue weighted by Gasteiger charge is -2.05. The SMILES string of the molecule is COc1ccc(C(=O)NN/C=C/c2cccc(Br)c2)cc1. The van der Waals surface area contributed by atoms with Gasteiger partial charge in [0.1, 0.15) is 5.75 Å². The number of hydrogen-bond acceptors (Lipinski definition) is 3. The molecule has 1 amide bonds. The highest BCUT2D eigenvalue weighted by atomic mass is 79.9. The van der Waals surface area contributed by atoms with Crippen LogP contribution < -0.4 is 15.6 Å². The van der Waals surface area contributed by atoms with Gasteiger partial charge in [-0.1, -0.05) is 28.1 Å². The van der Waals surface area contributed by atoms with Crippen molar-refractivity contribution < 1.29 is 9.53 Å². The van der Waals surface area contributed by atoms with Gasteiger partial charge in [-0.15, -0.1) is 0 Å². The fraction of sp³-hybridized carbons (Fsp3) is 0.0625. The van der Waals surface area contributed by atoms with Gasteiger partial charge in [-0.25, -0.2) is 0 Å². The lowest BCUT2D eigenvalue weighted by molar-refractivity contribution is 0.0941. The maximum Gasteiger partial charge on any atom is 0.269 e. The van der Waals surface area contributed by atoms with Crippen molar-refractivity contribution in [1.29, 1.82) is 0 Å². The van der Waals surface area contributed by atoms with E-state index in [1.54, 1.807) is 37.6 Å². The molecular formula is C16H15BrN2O2. The fourth-order valence-electron chi connectivity index (χ4n) is 1.67. The van der Waals surface area contributed by atoms with E-state index in [-0.39, 0.29) is 5.91 Å². The summed E-state index contributed by atoms with van der Waals surface area (Å²) in [6.45, 7) is 0. The fourth-order valence-corrected chi connectivity index (χ4v) is 2.09. The first-order valence-electron chi connectivity index (χ1n) is 6.31. The predicted octanol–water partition coefficient (Wildman–Crippen LogP) is 3.36. The Morgan fingerprint density at radius 1 is 1.19 bits per heavy atom. The molecule has 4 nitrogen and oxygen atoms in total. The van der Waals surface area contributed by atoms with E-state index in [1.807, 2.05) is 30.3 Å². The molecule has 2 aromatic rings. The number of nitrogens with one attached hydrogen (secondary N) is 2. The molecule has 0 aliphatic rings. The Morgan fingerprint density at radius 2 is 1.95 bits per heavy atom. The summed E-state index contributed by atoms with van der Waals surface area (Å²) in [6, 6.07) is 14.7. The first kappa shape index (κ1) is 15.1. The van der Waals surface area contributed by atoms with Crippen LogP contribution in [0.5, 0.6) is 5.75 Å². The second-order valence-electron chi connectivity index (χ2n) is 4.22. The third kappa shape index (κ3) is 4.65. The molecule has 5 heteroatoms. The number of hydrogen-bond donors (Lipinski definition) is 2. The van der Waals surface area contributed by atoms with Crippen molar-refractivity contribution >= 4 is 27.9 Å². The van der Waals surface area contributed by atoms with Crippen molar-refractivity contribution in [1.82, 2.24) is 10.9 Å². The molecule has 2 aromatic carbocycles. The van der Waals surface area contributed by atoms with Gasteiger partial charge in [-0.2, -0.15) is 0 Å². The van der Waals surface area contributed by atoms with Crippen LogP contribution >= 0.6 is 15.9 Å². The summed E-state index contributed by atoms with van der Waals surface area (Å²) in [5.41, 5.74) is 6.92. The van der Waals surface area contributed by atoms with Crippen LogP contribution in [0.15, 0.2) is 59.2 Å². The van der Waals surface area contributed by atoms with Crippen LogP contribution in [-0.2, 0) is 0 Å². The molecule has 0 aliphatic heterocycles. The van der Waals surface area contributed by atoms with E-state index < -0.39 is 0 Å². The summed E-state index contributed by atoms with van der Waals surface area (Å²) in [5.74, 6) is 0.505. The van der Waals surface area contributed by atoms with Crippen molar-refractivity contribution in [2.45, 2.75) is 0 Å². The van der Waals surface area contributed by atoms with Gasteiger partial charge in [0.25, 0.3) is 5.91 Å². The Labute approximate surface area is 131 Å². The maximum absolute atomic E-state index is 11.9. The van der Waals surface area contributed by atoms with Crippen molar-refractivity contribution in [2.24, 2.45) is 0 Å². The molecule has 0 unspecified atom stereocenters. The van der Waals surface area contributed by atoms with Crippen LogP contribution in [0.3, 0.4) is 0 Å². The molecule has 0 saturated heterocycles. The zero-order chi connectivity index (χ0) is 15.1. The summed E-state index contributed by atoms with van der Waals surface area (Å²) in [7, 11) is 1.59. The van der Waals surface area contributed by atoms with E-state index >= 15 is 0 Å². The van der Waals surface area contributed by atoms with Crippen LogP contribution in [0.25, 0.3) is 6.08 Å². The third-order valence-corrected chi connectivity index (χ3v) is 3.24. The van der Waals surface area contributed by atoms with Gasteiger partial charge >= 0.3 is 0 Å². The minimum absolute atomic E-state index is 0.212. The topological polar surface area (TPSA) is 50.4 Å². The van der Waals surface area contributed by atoms with Crippen LogP contribution in [0.2, 0.25) is 0 Å². The van der Waals surface area contributed by atoms with Crippen molar-refractivity contribution in [3.05, 3.63) is 70.3 Å². The second-order valence-corrected chi connectivity index (χ2v) is 5.13. The maximum atomic E-state index is 11.9. The number of hydrazine groups is 1. The van der Waals surface area contributed by atoms with E-state index in [1.165, 1.54) is 0 Å². The number of amides is 1. The summed E-state index contributed by atoms with van der Waals surface area (Å²) in [5, 5.41) is 0. The molecule has 0 bridgehead atoms. The predicted molar refractivity (Wildman–Crippen MR) is 86.8 cm³/mol. The molecule has 0 spiro atoms. The van der Waals surface area contributed by atoms with Gasteiger partial charge in [-0.05, 0) is 48.0 Å². The normalized spacial score (nSPS) is 10.4. The highest BCUT2D eigenvalue weighted by molar-refractivity contribution is 9.10. The number of halogens is 1. The van der Waals surface area contributed by atoms with Crippen LogP contribution in [0.4, 0.5) is 0 Å². The molecule has 0 saturated carbocycles. The zero-order valence-electron chi connectivity index (χ0n) is 11.5. The van der Waals surface area contributed by atoms with Gasteiger partial charge in [-0.3, -0.25) is 10.2 Å². The number of rotatable bonds is 5. The number of carbonyl (C=O) groups is 1. The average Bonchev–Trinajstić information content (AvgIpc) is 2.51. The third-order valence-electron chi connectivity index (χ3n) is 2.75. The summed E-state index contributed by atoms with van der Waals surface area (Å²) >= 11 is 3.40. The van der Waals surface area contributed by atoms with Gasteiger partial charge in [0.15, 0.2) is 0 Å². The summed E-state index contributed by atoms with van der Waals surface area (Å²) in [6.07, 6.45) is 3.53.